The Morgan fingerprint density at radius 2 is 0.889 bits per heavy atom. The summed E-state index contributed by atoms with van der Waals surface area (Å²) in [6.07, 6.45) is 66.3. The van der Waals surface area contributed by atoms with Crippen molar-refractivity contribution >= 4 is 11.9 Å². The fourth-order valence-electron chi connectivity index (χ4n) is 7.22. The molecule has 360 valence electrons. The summed E-state index contributed by atoms with van der Waals surface area (Å²) in [5.74, 6) is -0.601. The highest BCUT2D eigenvalue weighted by Gasteiger charge is 2.23. The van der Waals surface area contributed by atoms with Crippen molar-refractivity contribution in [2.75, 3.05) is 6.61 Å². The van der Waals surface area contributed by atoms with Crippen LogP contribution in [0.2, 0.25) is 0 Å². The van der Waals surface area contributed by atoms with Gasteiger partial charge in [0.05, 0.1) is 25.2 Å². The van der Waals surface area contributed by atoms with Crippen molar-refractivity contribution in [1.29, 1.82) is 0 Å². The number of ether oxygens (including phenoxy) is 1. The van der Waals surface area contributed by atoms with Gasteiger partial charge in [0.15, 0.2) is 0 Å². The van der Waals surface area contributed by atoms with Crippen LogP contribution in [0.4, 0.5) is 0 Å². The lowest BCUT2D eigenvalue weighted by molar-refractivity contribution is -0.150. The molecule has 0 aliphatic rings. The van der Waals surface area contributed by atoms with Crippen molar-refractivity contribution in [2.24, 2.45) is 0 Å². The Morgan fingerprint density at radius 3 is 1.38 bits per heavy atom. The highest BCUT2D eigenvalue weighted by Crippen LogP contribution is 2.15. The number of esters is 1. The average Bonchev–Trinajstić information content (AvgIpc) is 3.28. The maximum atomic E-state index is 13.2. The summed E-state index contributed by atoms with van der Waals surface area (Å²) in [6, 6.07) is -0.739. The number of hydrogen-bond donors (Lipinski definition) is 3. The van der Waals surface area contributed by atoms with Crippen LogP contribution >= 0.6 is 0 Å². The summed E-state index contributed by atoms with van der Waals surface area (Å²) in [5, 5.41) is 23.7. The minimum Gasteiger partial charge on any atom is -0.461 e. The summed E-state index contributed by atoms with van der Waals surface area (Å²) >= 11 is 0. The first kappa shape index (κ1) is 59.8. The van der Waals surface area contributed by atoms with Crippen LogP contribution in [0, 0.1) is 0 Å². The predicted molar refractivity (Wildman–Crippen MR) is 273 cm³/mol. The third-order valence-electron chi connectivity index (χ3n) is 11.1. The summed E-state index contributed by atoms with van der Waals surface area (Å²) in [4.78, 5) is 26.1. The van der Waals surface area contributed by atoms with Gasteiger partial charge < -0.3 is 20.3 Å². The molecular formula is C57H97NO5. The number of aliphatic hydroxyl groups excluding tert-OH is 2. The SMILES string of the molecule is CC/C=C\C/C=C\C/C=C\C/C=C\C/C=C\CC(CC(=O)NC(CO)C(O)CCCCCCCCCCCC)OC(=O)CCCCCCCC/C=C\C/C=C\C/C=C\CCCCC. The van der Waals surface area contributed by atoms with Gasteiger partial charge in [-0.25, -0.2) is 0 Å². The first-order chi connectivity index (χ1) is 31.0. The number of hydrogen-bond acceptors (Lipinski definition) is 5. The molecule has 0 rings (SSSR count). The van der Waals surface area contributed by atoms with Crippen molar-refractivity contribution in [2.45, 2.75) is 244 Å². The van der Waals surface area contributed by atoms with E-state index in [9.17, 15) is 19.8 Å². The molecule has 6 nitrogen and oxygen atoms in total. The van der Waals surface area contributed by atoms with Crippen LogP contribution < -0.4 is 5.32 Å². The van der Waals surface area contributed by atoms with Crippen molar-refractivity contribution in [3.63, 3.8) is 0 Å². The van der Waals surface area contributed by atoms with E-state index in [4.69, 9.17) is 4.74 Å². The molecule has 63 heavy (non-hydrogen) atoms. The van der Waals surface area contributed by atoms with E-state index in [1.807, 2.05) is 12.2 Å². The third kappa shape index (κ3) is 45.2. The number of rotatable bonds is 45. The number of aliphatic hydroxyl groups is 2. The smallest absolute Gasteiger partial charge is 0.306 e. The monoisotopic (exact) mass is 876 g/mol. The van der Waals surface area contributed by atoms with Crippen LogP contribution in [-0.4, -0.2) is 46.9 Å². The minimum atomic E-state index is -0.818. The van der Waals surface area contributed by atoms with Crippen molar-refractivity contribution in [3.05, 3.63) is 97.2 Å². The van der Waals surface area contributed by atoms with Gasteiger partial charge in [-0.15, -0.1) is 0 Å². The van der Waals surface area contributed by atoms with Gasteiger partial charge in [0, 0.05) is 12.8 Å². The van der Waals surface area contributed by atoms with Gasteiger partial charge in [0.2, 0.25) is 5.91 Å². The zero-order valence-corrected chi connectivity index (χ0v) is 40.9. The van der Waals surface area contributed by atoms with Gasteiger partial charge in [0.1, 0.15) is 6.10 Å². The Balaban J connectivity index is 4.73. The second-order valence-corrected chi connectivity index (χ2v) is 17.2. The van der Waals surface area contributed by atoms with Gasteiger partial charge in [0.25, 0.3) is 0 Å². The summed E-state index contributed by atoms with van der Waals surface area (Å²) in [5.41, 5.74) is 0. The normalized spacial score (nSPS) is 14.0. The molecule has 0 aromatic carbocycles. The Labute approximate surface area is 388 Å². The van der Waals surface area contributed by atoms with E-state index in [-0.39, 0.29) is 24.9 Å². The molecule has 0 spiro atoms. The number of unbranched alkanes of at least 4 members (excludes halogenated alkanes) is 18. The molecule has 1 amide bonds. The van der Waals surface area contributed by atoms with Crippen LogP contribution in [0.3, 0.4) is 0 Å². The molecule has 0 aliphatic carbocycles. The molecule has 0 saturated heterocycles. The van der Waals surface area contributed by atoms with E-state index < -0.39 is 18.2 Å². The van der Waals surface area contributed by atoms with Crippen LogP contribution in [0.5, 0.6) is 0 Å². The second-order valence-electron chi connectivity index (χ2n) is 17.2. The zero-order valence-electron chi connectivity index (χ0n) is 40.9. The van der Waals surface area contributed by atoms with Crippen LogP contribution in [0.15, 0.2) is 97.2 Å². The van der Waals surface area contributed by atoms with Crippen molar-refractivity contribution in [3.8, 4) is 0 Å². The Bertz CT molecular complexity index is 1260. The fraction of sp³-hybridized carbons (Fsp3) is 0.684. The first-order valence-electron chi connectivity index (χ1n) is 26.0. The number of nitrogens with one attached hydrogen (secondary N) is 1. The van der Waals surface area contributed by atoms with Crippen LogP contribution in [-0.2, 0) is 14.3 Å². The molecule has 0 heterocycles. The highest BCUT2D eigenvalue weighted by atomic mass is 16.5. The molecule has 3 unspecified atom stereocenters. The average molecular weight is 876 g/mol. The van der Waals surface area contributed by atoms with Crippen molar-refractivity contribution in [1.82, 2.24) is 5.32 Å². The van der Waals surface area contributed by atoms with Gasteiger partial charge in [-0.3, -0.25) is 9.59 Å². The third-order valence-corrected chi connectivity index (χ3v) is 11.1. The van der Waals surface area contributed by atoms with E-state index in [0.29, 0.717) is 19.3 Å². The summed E-state index contributed by atoms with van der Waals surface area (Å²) in [7, 11) is 0. The van der Waals surface area contributed by atoms with Gasteiger partial charge in [-0.1, -0.05) is 221 Å². The molecule has 0 bridgehead atoms. The van der Waals surface area contributed by atoms with Crippen LogP contribution in [0.1, 0.15) is 226 Å². The van der Waals surface area contributed by atoms with E-state index >= 15 is 0 Å². The molecular weight excluding hydrogens is 779 g/mol. The lowest BCUT2D eigenvalue weighted by Gasteiger charge is -2.24. The first-order valence-corrected chi connectivity index (χ1v) is 26.0. The molecule has 0 aromatic rings. The van der Waals surface area contributed by atoms with E-state index in [2.05, 4.69) is 111 Å². The fourth-order valence-corrected chi connectivity index (χ4v) is 7.22. The molecule has 6 heteroatoms. The predicted octanol–water partition coefficient (Wildman–Crippen LogP) is 15.7. The summed E-state index contributed by atoms with van der Waals surface area (Å²) in [6.45, 7) is 6.29. The van der Waals surface area contributed by atoms with E-state index in [0.717, 1.165) is 96.3 Å². The Kier molecular flexibility index (Phi) is 47.2. The second kappa shape index (κ2) is 49.8. The van der Waals surface area contributed by atoms with Crippen LogP contribution in [0.25, 0.3) is 0 Å². The molecule has 0 fully saturated rings. The Hall–Kier alpha value is -3.22. The number of carbonyl (C=O) groups is 2. The number of allylic oxidation sites excluding steroid dienone is 15. The number of carbonyl (C=O) groups excluding carboxylic acids is 2. The lowest BCUT2D eigenvalue weighted by atomic mass is 10.0. The zero-order chi connectivity index (χ0) is 45.9. The van der Waals surface area contributed by atoms with E-state index in [1.165, 1.54) is 83.5 Å². The number of amides is 1. The van der Waals surface area contributed by atoms with Gasteiger partial charge in [-0.2, -0.15) is 0 Å². The standard InChI is InChI=1S/C57H97NO5/c1-4-7-10-13-16-19-22-24-26-27-28-29-31-33-35-38-41-44-47-50-57(62)63-53(48-45-42-39-36-34-32-30-25-23-20-17-14-11-8-5-2)51-56(61)58-54(52-59)55(60)49-46-43-40-37-21-18-15-12-9-6-3/h8,11,16-17,19-20,24-26,28-30,34,36,42,45,53-55,59-60H,4-7,9-10,12-15,18,21-23,27,31-33,35,37-41,43-44,46-52H2,1-3H3,(H,58,61)/b11-8-,19-16-,20-17-,26-24-,29-28-,30-25-,36-34-,45-42-. The molecule has 3 atom stereocenters. The largest absolute Gasteiger partial charge is 0.461 e. The molecule has 3 N–H and O–H groups in total. The van der Waals surface area contributed by atoms with Crippen molar-refractivity contribution < 1.29 is 24.5 Å². The van der Waals surface area contributed by atoms with Gasteiger partial charge in [-0.05, 0) is 83.5 Å². The summed E-state index contributed by atoms with van der Waals surface area (Å²) < 4.78 is 5.86. The molecule has 0 aromatic heterocycles. The highest BCUT2D eigenvalue weighted by molar-refractivity contribution is 5.77. The quantitative estimate of drug-likeness (QED) is 0.0322. The van der Waals surface area contributed by atoms with Gasteiger partial charge >= 0.3 is 5.97 Å². The lowest BCUT2D eigenvalue weighted by Crippen LogP contribution is -2.46. The van der Waals surface area contributed by atoms with E-state index in [1.54, 1.807) is 0 Å². The molecule has 0 saturated carbocycles. The maximum Gasteiger partial charge on any atom is 0.306 e. The minimum absolute atomic E-state index is 0.0111. The topological polar surface area (TPSA) is 95.9 Å². The Morgan fingerprint density at radius 1 is 0.492 bits per heavy atom. The molecule has 0 radical (unpaired) electrons. The molecule has 0 aliphatic heterocycles. The maximum absolute atomic E-state index is 13.2.